The van der Waals surface area contributed by atoms with Gasteiger partial charge >= 0.3 is 0 Å². The number of carbonyl (C=O) groups is 2. The molecule has 0 bridgehead atoms. The van der Waals surface area contributed by atoms with Gasteiger partial charge in [-0.15, -0.1) is 0 Å². The number of nitrogens with one attached hydrogen (secondary N) is 2. The third kappa shape index (κ3) is 4.56. The molecule has 0 aliphatic heterocycles. The average molecular weight is 322 g/mol. The molecule has 2 rings (SSSR count). The van der Waals surface area contributed by atoms with Crippen LogP contribution in [0.25, 0.3) is 5.70 Å². The van der Waals surface area contributed by atoms with Crippen LogP contribution in [0.5, 0.6) is 0 Å². The number of benzene rings is 2. The van der Waals surface area contributed by atoms with Crippen LogP contribution in [-0.2, 0) is 15.1 Å². The summed E-state index contributed by atoms with van der Waals surface area (Å²) in [7, 11) is 0. The lowest BCUT2D eigenvalue weighted by Crippen LogP contribution is -2.41. The Bertz CT molecular complexity index is 739. The maximum Gasteiger partial charge on any atom is 0.221 e. The smallest absolute Gasteiger partial charge is 0.221 e. The largest absolute Gasteiger partial charge is 0.344 e. The maximum absolute atomic E-state index is 11.7. The molecular formula is C20H22N2O2. The highest BCUT2D eigenvalue weighted by Crippen LogP contribution is 2.26. The van der Waals surface area contributed by atoms with Gasteiger partial charge < -0.3 is 10.6 Å². The lowest BCUT2D eigenvalue weighted by molar-refractivity contribution is -0.120. The molecule has 1 atom stereocenters. The Kier molecular flexibility index (Phi) is 5.53. The molecule has 0 aliphatic rings. The predicted octanol–water partition coefficient (Wildman–Crippen LogP) is 3.22. The minimum atomic E-state index is -0.749. The quantitative estimate of drug-likeness (QED) is 0.888. The van der Waals surface area contributed by atoms with Crippen molar-refractivity contribution in [2.75, 3.05) is 0 Å². The third-order valence-electron chi connectivity index (χ3n) is 3.64. The van der Waals surface area contributed by atoms with Crippen molar-refractivity contribution < 1.29 is 9.59 Å². The van der Waals surface area contributed by atoms with E-state index >= 15 is 0 Å². The van der Waals surface area contributed by atoms with Crippen LogP contribution in [0.2, 0.25) is 0 Å². The van der Waals surface area contributed by atoms with Gasteiger partial charge in [0.2, 0.25) is 11.8 Å². The van der Waals surface area contributed by atoms with Gasteiger partial charge in [0.05, 0.1) is 5.54 Å². The van der Waals surface area contributed by atoms with Gasteiger partial charge in [-0.1, -0.05) is 60.7 Å². The number of hydrogen-bond acceptors (Lipinski definition) is 2. The second-order valence-electron chi connectivity index (χ2n) is 5.85. The van der Waals surface area contributed by atoms with Crippen molar-refractivity contribution in [2.24, 2.45) is 0 Å². The molecule has 2 aromatic rings. The summed E-state index contributed by atoms with van der Waals surface area (Å²) in [4.78, 5) is 23.4. The summed E-state index contributed by atoms with van der Waals surface area (Å²) in [5.41, 5.74) is 1.71. The van der Waals surface area contributed by atoms with Crippen molar-refractivity contribution in [1.29, 1.82) is 0 Å². The topological polar surface area (TPSA) is 58.2 Å². The molecule has 0 saturated carbocycles. The lowest BCUT2D eigenvalue weighted by atomic mass is 9.89. The van der Waals surface area contributed by atoms with Gasteiger partial charge in [0.1, 0.15) is 0 Å². The second-order valence-corrected chi connectivity index (χ2v) is 5.85. The number of rotatable bonds is 5. The lowest BCUT2D eigenvalue weighted by Gasteiger charge is -2.29. The molecular weight excluding hydrogens is 300 g/mol. The van der Waals surface area contributed by atoms with E-state index in [0.29, 0.717) is 5.70 Å². The fraction of sp³-hybridized carbons (Fsp3) is 0.200. The van der Waals surface area contributed by atoms with Crippen LogP contribution < -0.4 is 10.6 Å². The molecule has 0 fully saturated rings. The van der Waals surface area contributed by atoms with E-state index in [1.165, 1.54) is 13.8 Å². The summed E-state index contributed by atoms with van der Waals surface area (Å²) >= 11 is 0. The van der Waals surface area contributed by atoms with E-state index in [-0.39, 0.29) is 11.8 Å². The van der Waals surface area contributed by atoms with Crippen LogP contribution in [0.3, 0.4) is 0 Å². The summed E-state index contributed by atoms with van der Waals surface area (Å²) in [5, 5.41) is 5.85. The zero-order valence-electron chi connectivity index (χ0n) is 14.2. The molecule has 24 heavy (non-hydrogen) atoms. The van der Waals surface area contributed by atoms with E-state index in [1.54, 1.807) is 0 Å². The van der Waals surface area contributed by atoms with E-state index in [1.807, 2.05) is 73.7 Å². The third-order valence-corrected chi connectivity index (χ3v) is 3.64. The van der Waals surface area contributed by atoms with Gasteiger partial charge in [-0.25, -0.2) is 0 Å². The van der Waals surface area contributed by atoms with E-state index in [9.17, 15) is 9.59 Å². The van der Waals surface area contributed by atoms with Gasteiger partial charge in [0.15, 0.2) is 0 Å². The Balaban J connectivity index is 2.55. The summed E-state index contributed by atoms with van der Waals surface area (Å²) < 4.78 is 0. The van der Waals surface area contributed by atoms with E-state index in [4.69, 9.17) is 0 Å². The Morgan fingerprint density at radius 2 is 1.42 bits per heavy atom. The molecule has 0 radical (unpaired) electrons. The van der Waals surface area contributed by atoms with Crippen LogP contribution in [0.15, 0.2) is 66.7 Å². The highest BCUT2D eigenvalue weighted by molar-refractivity contribution is 5.85. The zero-order valence-corrected chi connectivity index (χ0v) is 14.2. The molecule has 0 aliphatic carbocycles. The second kappa shape index (κ2) is 7.59. The molecule has 0 heterocycles. The minimum Gasteiger partial charge on any atom is -0.344 e. The summed E-state index contributed by atoms with van der Waals surface area (Å²) in [6, 6.07) is 19.2. The average Bonchev–Trinajstić information content (AvgIpc) is 2.55. The van der Waals surface area contributed by atoms with E-state index in [0.717, 1.165) is 11.1 Å². The fourth-order valence-electron chi connectivity index (χ4n) is 2.63. The monoisotopic (exact) mass is 322 g/mol. The molecule has 0 saturated heterocycles. The van der Waals surface area contributed by atoms with Crippen molar-refractivity contribution in [1.82, 2.24) is 10.6 Å². The highest BCUT2D eigenvalue weighted by Gasteiger charge is 2.26. The first-order chi connectivity index (χ1) is 11.4. The highest BCUT2D eigenvalue weighted by atomic mass is 16.2. The standard InChI is InChI=1S/C20H22N2O2/c1-15(23)21-19(17-10-6-4-7-11-17)14-20(3,22-16(2)24)18-12-8-5-9-13-18/h4-14H,1-3H3,(H,21,23)(H,22,24)/b19-14-. The molecule has 0 spiro atoms. The minimum absolute atomic E-state index is 0.146. The van der Waals surface area contributed by atoms with Gasteiger partial charge in [-0.05, 0) is 24.1 Å². The van der Waals surface area contributed by atoms with Crippen molar-refractivity contribution in [3.05, 3.63) is 77.9 Å². The van der Waals surface area contributed by atoms with Gasteiger partial charge in [0.25, 0.3) is 0 Å². The molecule has 2 aromatic carbocycles. The van der Waals surface area contributed by atoms with Gasteiger partial charge in [0, 0.05) is 19.5 Å². The molecule has 124 valence electrons. The van der Waals surface area contributed by atoms with Gasteiger partial charge in [-0.2, -0.15) is 0 Å². The summed E-state index contributed by atoms with van der Waals surface area (Å²) in [6.45, 7) is 4.86. The normalized spacial score (nSPS) is 13.7. The summed E-state index contributed by atoms with van der Waals surface area (Å²) in [6.07, 6.45) is 1.88. The van der Waals surface area contributed by atoms with E-state index in [2.05, 4.69) is 10.6 Å². The van der Waals surface area contributed by atoms with Crippen molar-refractivity contribution >= 4 is 17.5 Å². The Hall–Kier alpha value is -2.88. The maximum atomic E-state index is 11.7. The first-order valence-corrected chi connectivity index (χ1v) is 7.81. The van der Waals surface area contributed by atoms with Crippen LogP contribution in [0, 0.1) is 0 Å². The predicted molar refractivity (Wildman–Crippen MR) is 95.8 cm³/mol. The number of carbonyl (C=O) groups excluding carboxylic acids is 2. The SMILES string of the molecule is CC(=O)N/C(=C\C(C)(NC(C)=O)c1ccccc1)c1ccccc1. The van der Waals surface area contributed by atoms with Gasteiger partial charge in [-0.3, -0.25) is 9.59 Å². The Morgan fingerprint density at radius 3 is 1.92 bits per heavy atom. The molecule has 4 heteroatoms. The van der Waals surface area contributed by atoms with E-state index < -0.39 is 5.54 Å². The molecule has 2 amide bonds. The molecule has 4 nitrogen and oxygen atoms in total. The van der Waals surface area contributed by atoms with Crippen LogP contribution in [0.4, 0.5) is 0 Å². The van der Waals surface area contributed by atoms with Crippen LogP contribution >= 0.6 is 0 Å². The number of hydrogen-bond donors (Lipinski definition) is 2. The summed E-state index contributed by atoms with van der Waals surface area (Å²) in [5.74, 6) is -0.309. The Morgan fingerprint density at radius 1 is 0.875 bits per heavy atom. The molecule has 1 unspecified atom stereocenters. The van der Waals surface area contributed by atoms with Crippen molar-refractivity contribution in [3.63, 3.8) is 0 Å². The molecule has 2 N–H and O–H groups in total. The first kappa shape index (κ1) is 17.5. The van der Waals surface area contributed by atoms with Crippen molar-refractivity contribution in [3.8, 4) is 0 Å². The van der Waals surface area contributed by atoms with Crippen LogP contribution in [0.1, 0.15) is 31.9 Å². The fourth-order valence-corrected chi connectivity index (χ4v) is 2.63. The van der Waals surface area contributed by atoms with Crippen molar-refractivity contribution in [2.45, 2.75) is 26.3 Å². The number of amides is 2. The Labute approximate surface area is 142 Å². The zero-order chi connectivity index (χ0) is 17.6. The van der Waals surface area contributed by atoms with Crippen LogP contribution in [-0.4, -0.2) is 11.8 Å². The molecule has 0 aromatic heterocycles. The first-order valence-electron chi connectivity index (χ1n) is 7.81.